The van der Waals surface area contributed by atoms with Crippen molar-refractivity contribution in [2.45, 2.75) is 31.7 Å². The highest BCUT2D eigenvalue weighted by molar-refractivity contribution is 5.82. The number of piperidine rings is 1. The van der Waals surface area contributed by atoms with Gasteiger partial charge in [0.05, 0.1) is 6.04 Å². The minimum Gasteiger partial charge on any atom is -0.396 e. The molecule has 0 bridgehead atoms. The van der Waals surface area contributed by atoms with Gasteiger partial charge in [-0.05, 0) is 38.1 Å². The summed E-state index contributed by atoms with van der Waals surface area (Å²) in [5.74, 6) is 0.675. The molecule has 2 heterocycles. The number of carbonyl (C=O) groups is 1. The van der Waals surface area contributed by atoms with Crippen LogP contribution in [0.5, 0.6) is 0 Å². The molecule has 0 aromatic rings. The zero-order valence-corrected chi connectivity index (χ0v) is 9.11. The first-order valence-electron chi connectivity index (χ1n) is 5.94. The third-order valence-electron chi connectivity index (χ3n) is 3.54. The fourth-order valence-corrected chi connectivity index (χ4v) is 2.45. The van der Waals surface area contributed by atoms with Crippen molar-refractivity contribution in [2.24, 2.45) is 5.92 Å². The standard InChI is InChI=1S/C11H20N2O2/c14-8-9-3-6-13(7-4-9)11(15)10-2-1-5-12-10/h9-10,12,14H,1-8H2. The number of hydrogen-bond donors (Lipinski definition) is 2. The number of nitrogens with one attached hydrogen (secondary N) is 1. The number of amides is 1. The molecule has 0 spiro atoms. The zero-order valence-electron chi connectivity index (χ0n) is 9.11. The summed E-state index contributed by atoms with van der Waals surface area (Å²) in [6.45, 7) is 2.89. The molecular formula is C11H20N2O2. The highest BCUT2D eigenvalue weighted by Crippen LogP contribution is 2.18. The Balaban J connectivity index is 1.81. The predicted molar refractivity (Wildman–Crippen MR) is 57.4 cm³/mol. The smallest absolute Gasteiger partial charge is 0.239 e. The van der Waals surface area contributed by atoms with Crippen LogP contribution in [0.2, 0.25) is 0 Å². The van der Waals surface area contributed by atoms with Crippen LogP contribution in [0.15, 0.2) is 0 Å². The van der Waals surface area contributed by atoms with Gasteiger partial charge >= 0.3 is 0 Å². The van der Waals surface area contributed by atoms with Crippen LogP contribution in [0.4, 0.5) is 0 Å². The summed E-state index contributed by atoms with van der Waals surface area (Å²) in [5, 5.41) is 12.2. The van der Waals surface area contributed by atoms with Gasteiger partial charge in [0.15, 0.2) is 0 Å². The molecule has 1 atom stereocenters. The number of aliphatic hydroxyl groups excluding tert-OH is 1. The van der Waals surface area contributed by atoms with E-state index in [0.717, 1.165) is 45.3 Å². The third-order valence-corrected chi connectivity index (χ3v) is 3.54. The minimum atomic E-state index is 0.0654. The summed E-state index contributed by atoms with van der Waals surface area (Å²) in [7, 11) is 0. The molecule has 86 valence electrons. The van der Waals surface area contributed by atoms with E-state index in [9.17, 15) is 4.79 Å². The van der Waals surface area contributed by atoms with E-state index in [-0.39, 0.29) is 18.6 Å². The first kappa shape index (κ1) is 10.9. The van der Waals surface area contributed by atoms with Gasteiger partial charge in [-0.3, -0.25) is 4.79 Å². The molecule has 2 fully saturated rings. The van der Waals surface area contributed by atoms with Crippen molar-refractivity contribution < 1.29 is 9.90 Å². The van der Waals surface area contributed by atoms with Crippen LogP contribution in [0.3, 0.4) is 0 Å². The van der Waals surface area contributed by atoms with Crippen LogP contribution in [-0.4, -0.2) is 48.2 Å². The Morgan fingerprint density at radius 3 is 2.60 bits per heavy atom. The number of rotatable bonds is 2. The maximum atomic E-state index is 12.0. The monoisotopic (exact) mass is 212 g/mol. The van der Waals surface area contributed by atoms with Crippen molar-refractivity contribution in [3.8, 4) is 0 Å². The molecule has 4 heteroatoms. The topological polar surface area (TPSA) is 52.6 Å². The van der Waals surface area contributed by atoms with Gasteiger partial charge < -0.3 is 15.3 Å². The first-order chi connectivity index (χ1) is 7.31. The Morgan fingerprint density at radius 1 is 1.33 bits per heavy atom. The van der Waals surface area contributed by atoms with Gasteiger partial charge in [0.2, 0.25) is 5.91 Å². The van der Waals surface area contributed by atoms with Gasteiger partial charge in [0.25, 0.3) is 0 Å². The lowest BCUT2D eigenvalue weighted by Crippen LogP contribution is -2.47. The van der Waals surface area contributed by atoms with E-state index in [1.54, 1.807) is 0 Å². The number of hydrogen-bond acceptors (Lipinski definition) is 3. The van der Waals surface area contributed by atoms with E-state index < -0.39 is 0 Å². The normalized spacial score (nSPS) is 28.3. The van der Waals surface area contributed by atoms with Crippen LogP contribution >= 0.6 is 0 Å². The lowest BCUT2D eigenvalue weighted by molar-refractivity contribution is -0.134. The molecule has 1 unspecified atom stereocenters. The van der Waals surface area contributed by atoms with Gasteiger partial charge in [-0.1, -0.05) is 0 Å². The van der Waals surface area contributed by atoms with Gasteiger partial charge in [0, 0.05) is 19.7 Å². The molecule has 1 amide bonds. The number of carbonyl (C=O) groups excluding carboxylic acids is 1. The summed E-state index contributed by atoms with van der Waals surface area (Å²) >= 11 is 0. The predicted octanol–water partition coefficient (Wildman–Crippen LogP) is -0.0307. The van der Waals surface area contributed by atoms with Crippen LogP contribution in [0, 0.1) is 5.92 Å². The van der Waals surface area contributed by atoms with E-state index >= 15 is 0 Å². The molecule has 0 aliphatic carbocycles. The summed E-state index contributed by atoms with van der Waals surface area (Å²) in [6.07, 6.45) is 4.01. The summed E-state index contributed by atoms with van der Waals surface area (Å²) < 4.78 is 0. The highest BCUT2D eigenvalue weighted by Gasteiger charge is 2.29. The van der Waals surface area contributed by atoms with Crippen molar-refractivity contribution in [3.63, 3.8) is 0 Å². The van der Waals surface area contributed by atoms with E-state index in [1.807, 2.05) is 4.90 Å². The van der Waals surface area contributed by atoms with Gasteiger partial charge in [-0.25, -0.2) is 0 Å². The molecule has 2 N–H and O–H groups in total. The van der Waals surface area contributed by atoms with Crippen LogP contribution < -0.4 is 5.32 Å². The molecule has 4 nitrogen and oxygen atoms in total. The van der Waals surface area contributed by atoms with Gasteiger partial charge in [-0.2, -0.15) is 0 Å². The van der Waals surface area contributed by atoms with Crippen molar-refractivity contribution in [1.82, 2.24) is 10.2 Å². The molecule has 2 aliphatic rings. The second-order valence-electron chi connectivity index (χ2n) is 4.60. The van der Waals surface area contributed by atoms with Crippen LogP contribution in [0.1, 0.15) is 25.7 Å². The van der Waals surface area contributed by atoms with Crippen LogP contribution in [-0.2, 0) is 4.79 Å². The number of nitrogens with zero attached hydrogens (tertiary/aromatic N) is 1. The highest BCUT2D eigenvalue weighted by atomic mass is 16.3. The fraction of sp³-hybridized carbons (Fsp3) is 0.909. The fourth-order valence-electron chi connectivity index (χ4n) is 2.45. The molecule has 2 rings (SSSR count). The van der Waals surface area contributed by atoms with Crippen molar-refractivity contribution in [3.05, 3.63) is 0 Å². The molecular weight excluding hydrogens is 192 g/mol. The molecule has 2 aliphatic heterocycles. The zero-order chi connectivity index (χ0) is 10.7. The third kappa shape index (κ3) is 2.49. The number of likely N-dealkylation sites (tertiary alicyclic amines) is 1. The average molecular weight is 212 g/mol. The Morgan fingerprint density at radius 2 is 2.07 bits per heavy atom. The van der Waals surface area contributed by atoms with E-state index in [4.69, 9.17) is 5.11 Å². The molecule has 0 saturated carbocycles. The Hall–Kier alpha value is -0.610. The van der Waals surface area contributed by atoms with E-state index in [0.29, 0.717) is 5.92 Å². The maximum absolute atomic E-state index is 12.0. The van der Waals surface area contributed by atoms with E-state index in [2.05, 4.69) is 5.32 Å². The maximum Gasteiger partial charge on any atom is 0.239 e. The summed E-state index contributed by atoms with van der Waals surface area (Å²) in [4.78, 5) is 13.9. The molecule has 15 heavy (non-hydrogen) atoms. The Bertz CT molecular complexity index is 219. The van der Waals surface area contributed by atoms with Crippen molar-refractivity contribution in [1.29, 1.82) is 0 Å². The van der Waals surface area contributed by atoms with Crippen LogP contribution in [0.25, 0.3) is 0 Å². The minimum absolute atomic E-state index is 0.0654. The Labute approximate surface area is 90.6 Å². The summed E-state index contributed by atoms with van der Waals surface area (Å²) in [6, 6.07) is 0.0654. The summed E-state index contributed by atoms with van der Waals surface area (Å²) in [5.41, 5.74) is 0. The van der Waals surface area contributed by atoms with Gasteiger partial charge in [-0.15, -0.1) is 0 Å². The second-order valence-corrected chi connectivity index (χ2v) is 4.60. The van der Waals surface area contributed by atoms with Crippen molar-refractivity contribution >= 4 is 5.91 Å². The first-order valence-corrected chi connectivity index (χ1v) is 5.94. The number of aliphatic hydroxyl groups is 1. The molecule has 2 saturated heterocycles. The second kappa shape index (κ2) is 4.94. The largest absolute Gasteiger partial charge is 0.396 e. The Kier molecular flexibility index (Phi) is 3.59. The average Bonchev–Trinajstić information content (AvgIpc) is 2.82. The molecule has 0 radical (unpaired) electrons. The quantitative estimate of drug-likeness (QED) is 0.676. The molecule has 0 aromatic carbocycles. The lowest BCUT2D eigenvalue weighted by atomic mass is 9.97. The lowest BCUT2D eigenvalue weighted by Gasteiger charge is -2.32. The molecule has 0 aromatic heterocycles. The van der Waals surface area contributed by atoms with E-state index in [1.165, 1.54) is 0 Å². The van der Waals surface area contributed by atoms with Crippen molar-refractivity contribution in [2.75, 3.05) is 26.2 Å². The van der Waals surface area contributed by atoms with Gasteiger partial charge in [0.1, 0.15) is 0 Å². The SMILES string of the molecule is O=C(C1CCCN1)N1CCC(CO)CC1.